The van der Waals surface area contributed by atoms with Crippen molar-refractivity contribution < 1.29 is 4.79 Å². The van der Waals surface area contributed by atoms with Gasteiger partial charge in [-0.3, -0.25) is 9.59 Å². The van der Waals surface area contributed by atoms with Crippen molar-refractivity contribution in [2.45, 2.75) is 19.3 Å². The van der Waals surface area contributed by atoms with E-state index >= 15 is 0 Å². The van der Waals surface area contributed by atoms with Gasteiger partial charge in [-0.15, -0.1) is 0 Å². The van der Waals surface area contributed by atoms with Crippen LogP contribution in [0.1, 0.15) is 29.8 Å². The summed E-state index contributed by atoms with van der Waals surface area (Å²) in [5.41, 5.74) is 1.47. The molecule has 4 rings (SSSR count). The first-order chi connectivity index (χ1) is 12.7. The Kier molecular flexibility index (Phi) is 4.39. The molecule has 6 nitrogen and oxygen atoms in total. The zero-order valence-electron chi connectivity index (χ0n) is 14.3. The van der Waals surface area contributed by atoms with E-state index in [0.29, 0.717) is 22.7 Å². The lowest BCUT2D eigenvalue weighted by atomic mass is 9.85. The molecule has 0 saturated heterocycles. The molecule has 3 N–H and O–H groups in total. The van der Waals surface area contributed by atoms with Crippen LogP contribution in [-0.4, -0.2) is 22.4 Å². The molecule has 0 aliphatic heterocycles. The quantitative estimate of drug-likeness (QED) is 0.660. The molecule has 0 spiro atoms. The average molecular weight is 348 g/mol. The predicted octanol–water partition coefficient (Wildman–Crippen LogP) is 3.39. The van der Waals surface area contributed by atoms with Crippen LogP contribution in [0.15, 0.2) is 53.6 Å². The van der Waals surface area contributed by atoms with Crippen molar-refractivity contribution in [2.75, 3.05) is 17.2 Å². The van der Waals surface area contributed by atoms with Crippen molar-refractivity contribution in [2.24, 2.45) is 5.92 Å². The fourth-order valence-electron chi connectivity index (χ4n) is 3.13. The summed E-state index contributed by atoms with van der Waals surface area (Å²) in [6.45, 7) is 0.858. The zero-order chi connectivity index (χ0) is 17.9. The van der Waals surface area contributed by atoms with E-state index in [1.165, 1.54) is 19.3 Å². The third-order valence-corrected chi connectivity index (χ3v) is 4.86. The highest BCUT2D eigenvalue weighted by Gasteiger charge is 2.19. The number of carbonyl (C=O) groups is 1. The van der Waals surface area contributed by atoms with E-state index in [9.17, 15) is 9.59 Å². The highest BCUT2D eigenvalue weighted by Crippen LogP contribution is 2.27. The second-order valence-corrected chi connectivity index (χ2v) is 6.64. The van der Waals surface area contributed by atoms with Gasteiger partial charge in [0.1, 0.15) is 0 Å². The number of anilines is 2. The summed E-state index contributed by atoms with van der Waals surface area (Å²) in [5, 5.41) is 7.54. The summed E-state index contributed by atoms with van der Waals surface area (Å²) in [4.78, 5) is 31.5. The molecule has 1 aliphatic rings. The number of benzene rings is 1. The second-order valence-electron chi connectivity index (χ2n) is 6.64. The van der Waals surface area contributed by atoms with Gasteiger partial charge in [0.2, 0.25) is 0 Å². The Balaban J connectivity index is 1.54. The van der Waals surface area contributed by atoms with E-state index in [1.807, 2.05) is 24.3 Å². The first kappa shape index (κ1) is 16.3. The molecule has 1 fully saturated rings. The third-order valence-electron chi connectivity index (χ3n) is 4.86. The van der Waals surface area contributed by atoms with Gasteiger partial charge in [-0.25, -0.2) is 4.98 Å². The summed E-state index contributed by atoms with van der Waals surface area (Å²) >= 11 is 0. The molecule has 132 valence electrons. The number of H-pyrrole nitrogens is 1. The number of rotatable bonds is 5. The number of nitrogens with zero attached hydrogens (tertiary/aromatic N) is 1. The molecule has 26 heavy (non-hydrogen) atoms. The van der Waals surface area contributed by atoms with Crippen LogP contribution in [0, 0.1) is 5.92 Å². The first-order valence-electron chi connectivity index (χ1n) is 8.82. The van der Waals surface area contributed by atoms with Crippen LogP contribution in [0.25, 0.3) is 10.8 Å². The van der Waals surface area contributed by atoms with Crippen LogP contribution in [-0.2, 0) is 0 Å². The maximum Gasteiger partial charge on any atom is 0.276 e. The minimum absolute atomic E-state index is 0.181. The van der Waals surface area contributed by atoms with E-state index in [1.54, 1.807) is 24.5 Å². The summed E-state index contributed by atoms with van der Waals surface area (Å²) in [7, 11) is 0. The van der Waals surface area contributed by atoms with Crippen molar-refractivity contribution in [3.05, 3.63) is 64.8 Å². The number of aromatic nitrogens is 2. The third kappa shape index (κ3) is 3.31. The lowest BCUT2D eigenvalue weighted by Gasteiger charge is -2.26. The molecule has 0 radical (unpaired) electrons. The fraction of sp³-hybridized carbons (Fsp3) is 0.250. The SMILES string of the molecule is O=C(Nc1ccc2cc[nH]c(=O)c2c1)c1ncccc1NCC1CCC1. The molecule has 1 saturated carbocycles. The van der Waals surface area contributed by atoms with Gasteiger partial charge in [0.05, 0.1) is 5.69 Å². The molecule has 2 aromatic heterocycles. The number of amides is 1. The number of nitrogens with one attached hydrogen (secondary N) is 3. The largest absolute Gasteiger partial charge is 0.383 e. The number of hydrogen-bond acceptors (Lipinski definition) is 4. The number of fused-ring (bicyclic) bond motifs is 1. The average Bonchev–Trinajstić information content (AvgIpc) is 2.61. The van der Waals surface area contributed by atoms with Crippen molar-refractivity contribution in [1.29, 1.82) is 0 Å². The van der Waals surface area contributed by atoms with Crippen molar-refractivity contribution in [3.63, 3.8) is 0 Å². The zero-order valence-corrected chi connectivity index (χ0v) is 14.3. The van der Waals surface area contributed by atoms with Gasteiger partial charge in [-0.05, 0) is 54.5 Å². The van der Waals surface area contributed by atoms with E-state index < -0.39 is 0 Å². The summed E-state index contributed by atoms with van der Waals surface area (Å²) in [5.74, 6) is 0.381. The van der Waals surface area contributed by atoms with Gasteiger partial charge in [0, 0.05) is 30.0 Å². The van der Waals surface area contributed by atoms with E-state index in [-0.39, 0.29) is 11.5 Å². The number of carbonyl (C=O) groups excluding carboxylic acids is 1. The molecule has 0 unspecified atom stereocenters. The Hall–Kier alpha value is -3.15. The standard InChI is InChI=1S/C20H20N4O2/c25-19-16-11-15(7-6-14(16)8-10-22-19)24-20(26)18-17(5-2-9-21-18)23-12-13-3-1-4-13/h2,5-11,13,23H,1,3-4,12H2,(H,22,25)(H,24,26). The second kappa shape index (κ2) is 7.00. The number of pyridine rings is 2. The van der Waals surface area contributed by atoms with Crippen LogP contribution < -0.4 is 16.2 Å². The molecule has 1 aliphatic carbocycles. The first-order valence-corrected chi connectivity index (χ1v) is 8.82. The van der Waals surface area contributed by atoms with Crippen molar-refractivity contribution >= 4 is 28.1 Å². The lowest BCUT2D eigenvalue weighted by molar-refractivity contribution is 0.102. The summed E-state index contributed by atoms with van der Waals surface area (Å²) in [6.07, 6.45) is 6.97. The predicted molar refractivity (Wildman–Crippen MR) is 103 cm³/mol. The van der Waals surface area contributed by atoms with Gasteiger partial charge in [-0.2, -0.15) is 0 Å². The minimum Gasteiger partial charge on any atom is -0.383 e. The van der Waals surface area contributed by atoms with Gasteiger partial charge in [-0.1, -0.05) is 12.5 Å². The molecule has 3 aromatic rings. The van der Waals surface area contributed by atoms with Crippen LogP contribution in [0.3, 0.4) is 0 Å². The molecule has 1 aromatic carbocycles. The van der Waals surface area contributed by atoms with Gasteiger partial charge < -0.3 is 15.6 Å². The van der Waals surface area contributed by atoms with Gasteiger partial charge in [0.15, 0.2) is 5.69 Å². The number of aromatic amines is 1. The Morgan fingerprint density at radius 3 is 2.92 bits per heavy atom. The highest BCUT2D eigenvalue weighted by molar-refractivity contribution is 6.07. The maximum atomic E-state index is 12.7. The van der Waals surface area contributed by atoms with E-state index in [2.05, 4.69) is 20.6 Å². The smallest absolute Gasteiger partial charge is 0.276 e. The molecule has 0 atom stereocenters. The van der Waals surface area contributed by atoms with Crippen LogP contribution in [0.5, 0.6) is 0 Å². The van der Waals surface area contributed by atoms with Gasteiger partial charge in [0.25, 0.3) is 11.5 Å². The Labute approximate surface area is 150 Å². The van der Waals surface area contributed by atoms with Crippen LogP contribution in [0.4, 0.5) is 11.4 Å². The Bertz CT molecular complexity index is 1010. The minimum atomic E-state index is -0.298. The molecule has 1 amide bonds. The highest BCUT2D eigenvalue weighted by atomic mass is 16.2. The Morgan fingerprint density at radius 2 is 2.12 bits per heavy atom. The molecule has 6 heteroatoms. The molecular weight excluding hydrogens is 328 g/mol. The summed E-state index contributed by atoms with van der Waals surface area (Å²) < 4.78 is 0. The summed E-state index contributed by atoms with van der Waals surface area (Å²) in [6, 6.07) is 10.8. The lowest BCUT2D eigenvalue weighted by Crippen LogP contribution is -2.23. The monoisotopic (exact) mass is 348 g/mol. The Morgan fingerprint density at radius 1 is 1.23 bits per heavy atom. The van der Waals surface area contributed by atoms with Crippen LogP contribution >= 0.6 is 0 Å². The molecule has 2 heterocycles. The molecule has 0 bridgehead atoms. The topological polar surface area (TPSA) is 86.9 Å². The fourth-order valence-corrected chi connectivity index (χ4v) is 3.13. The number of hydrogen-bond donors (Lipinski definition) is 3. The van der Waals surface area contributed by atoms with E-state index in [0.717, 1.165) is 17.6 Å². The maximum absolute atomic E-state index is 12.7. The van der Waals surface area contributed by atoms with E-state index in [4.69, 9.17) is 0 Å². The van der Waals surface area contributed by atoms with Crippen LogP contribution in [0.2, 0.25) is 0 Å². The van der Waals surface area contributed by atoms with Crippen molar-refractivity contribution in [1.82, 2.24) is 9.97 Å². The normalized spacial score (nSPS) is 14.0. The van der Waals surface area contributed by atoms with Crippen molar-refractivity contribution in [3.8, 4) is 0 Å². The van der Waals surface area contributed by atoms with Gasteiger partial charge >= 0.3 is 0 Å². The molecular formula is C20H20N4O2.